The van der Waals surface area contributed by atoms with Gasteiger partial charge in [0.15, 0.2) is 0 Å². The van der Waals surface area contributed by atoms with E-state index in [1.165, 1.54) is 0 Å². The number of carbonyl (C=O) groups is 1. The lowest BCUT2D eigenvalue weighted by molar-refractivity contribution is -0.142. The van der Waals surface area contributed by atoms with Gasteiger partial charge < -0.3 is 14.9 Å². The van der Waals surface area contributed by atoms with Gasteiger partial charge in [-0.15, -0.1) is 0 Å². The second-order valence-electron chi connectivity index (χ2n) is 3.93. The summed E-state index contributed by atoms with van der Waals surface area (Å²) in [6.07, 6.45) is 0.634. The number of hydrogen-bond acceptors (Lipinski definition) is 3. The molecular weight excluding hydrogens is 180 g/mol. The molecule has 0 aromatic rings. The highest BCUT2D eigenvalue weighted by molar-refractivity contribution is 5.80. The van der Waals surface area contributed by atoms with E-state index >= 15 is 0 Å². The first kappa shape index (κ1) is 11.5. The fourth-order valence-corrected chi connectivity index (χ4v) is 1.63. The Morgan fingerprint density at radius 2 is 1.93 bits per heavy atom. The second-order valence-corrected chi connectivity index (χ2v) is 3.93. The molecule has 1 amide bonds. The largest absolute Gasteiger partial charge is 0.383 e. The van der Waals surface area contributed by atoms with E-state index in [-0.39, 0.29) is 5.91 Å². The quantitative estimate of drug-likeness (QED) is 0.693. The van der Waals surface area contributed by atoms with Crippen molar-refractivity contribution in [2.75, 3.05) is 33.2 Å². The Morgan fingerprint density at radius 3 is 2.43 bits per heavy atom. The van der Waals surface area contributed by atoms with E-state index < -0.39 is 6.10 Å². The van der Waals surface area contributed by atoms with Crippen LogP contribution in [0.1, 0.15) is 19.8 Å². The van der Waals surface area contributed by atoms with E-state index in [0.29, 0.717) is 6.42 Å². The zero-order valence-corrected chi connectivity index (χ0v) is 9.07. The molecule has 1 rings (SSSR count). The Kier molecular flexibility index (Phi) is 4.35. The summed E-state index contributed by atoms with van der Waals surface area (Å²) >= 11 is 0. The number of amides is 1. The van der Waals surface area contributed by atoms with E-state index in [0.717, 1.165) is 32.6 Å². The standard InChI is InChI=1S/C10H20N2O2/c1-3-4-9(13)10(14)12-7-5-11(2)6-8-12/h9,13H,3-8H2,1-2H3. The van der Waals surface area contributed by atoms with Crippen LogP contribution in [0.4, 0.5) is 0 Å². The topological polar surface area (TPSA) is 43.8 Å². The van der Waals surface area contributed by atoms with Crippen molar-refractivity contribution in [1.29, 1.82) is 0 Å². The summed E-state index contributed by atoms with van der Waals surface area (Å²) in [7, 11) is 2.05. The average molecular weight is 200 g/mol. The predicted molar refractivity (Wildman–Crippen MR) is 55.0 cm³/mol. The Morgan fingerprint density at radius 1 is 1.36 bits per heavy atom. The third-order valence-electron chi connectivity index (χ3n) is 2.66. The van der Waals surface area contributed by atoms with Crippen molar-refractivity contribution in [3.8, 4) is 0 Å². The van der Waals surface area contributed by atoms with E-state index in [9.17, 15) is 9.90 Å². The van der Waals surface area contributed by atoms with Gasteiger partial charge in [-0.25, -0.2) is 0 Å². The Hall–Kier alpha value is -0.610. The molecule has 1 fully saturated rings. The van der Waals surface area contributed by atoms with Crippen LogP contribution >= 0.6 is 0 Å². The van der Waals surface area contributed by atoms with Crippen molar-refractivity contribution in [1.82, 2.24) is 9.80 Å². The van der Waals surface area contributed by atoms with Crippen LogP contribution in [-0.2, 0) is 4.79 Å². The Bertz CT molecular complexity index is 189. The highest BCUT2D eigenvalue weighted by Crippen LogP contribution is 2.05. The molecule has 0 aromatic heterocycles. The van der Waals surface area contributed by atoms with Gasteiger partial charge in [0.05, 0.1) is 0 Å². The third kappa shape index (κ3) is 2.96. The van der Waals surface area contributed by atoms with Crippen molar-refractivity contribution in [3.05, 3.63) is 0 Å². The van der Waals surface area contributed by atoms with Gasteiger partial charge in [0.1, 0.15) is 6.10 Å². The van der Waals surface area contributed by atoms with Gasteiger partial charge in [0, 0.05) is 26.2 Å². The zero-order chi connectivity index (χ0) is 10.6. The molecule has 1 heterocycles. The molecule has 1 atom stereocenters. The van der Waals surface area contributed by atoms with Crippen LogP contribution in [0.5, 0.6) is 0 Å². The van der Waals surface area contributed by atoms with Crippen molar-refractivity contribution in [2.45, 2.75) is 25.9 Å². The maximum absolute atomic E-state index is 11.7. The number of likely N-dealkylation sites (N-methyl/N-ethyl adjacent to an activating group) is 1. The van der Waals surface area contributed by atoms with E-state index in [1.807, 2.05) is 14.0 Å². The van der Waals surface area contributed by atoms with Crippen molar-refractivity contribution >= 4 is 5.91 Å². The van der Waals surface area contributed by atoms with Crippen molar-refractivity contribution < 1.29 is 9.90 Å². The number of piperazine rings is 1. The lowest BCUT2D eigenvalue weighted by Gasteiger charge is -2.33. The molecule has 4 heteroatoms. The molecule has 0 radical (unpaired) electrons. The first-order valence-electron chi connectivity index (χ1n) is 5.30. The van der Waals surface area contributed by atoms with E-state index in [4.69, 9.17) is 0 Å². The SMILES string of the molecule is CCCC(O)C(=O)N1CCN(C)CC1. The zero-order valence-electron chi connectivity index (χ0n) is 9.07. The molecule has 1 saturated heterocycles. The molecule has 1 aliphatic heterocycles. The average Bonchev–Trinajstić information content (AvgIpc) is 2.18. The first-order chi connectivity index (χ1) is 6.65. The monoisotopic (exact) mass is 200 g/mol. The van der Waals surface area contributed by atoms with Gasteiger partial charge in [0.25, 0.3) is 5.91 Å². The highest BCUT2D eigenvalue weighted by atomic mass is 16.3. The van der Waals surface area contributed by atoms with E-state index in [2.05, 4.69) is 4.90 Å². The molecule has 0 saturated carbocycles. The maximum atomic E-state index is 11.7. The summed E-state index contributed by atoms with van der Waals surface area (Å²) in [5.41, 5.74) is 0. The Balaban J connectivity index is 2.37. The van der Waals surface area contributed by atoms with Crippen LogP contribution in [0.15, 0.2) is 0 Å². The summed E-state index contributed by atoms with van der Waals surface area (Å²) in [5.74, 6) is -0.0973. The third-order valence-corrected chi connectivity index (χ3v) is 2.66. The second kappa shape index (κ2) is 5.32. The summed E-state index contributed by atoms with van der Waals surface area (Å²) < 4.78 is 0. The molecule has 0 spiro atoms. The lowest BCUT2D eigenvalue weighted by Crippen LogP contribution is -2.50. The van der Waals surface area contributed by atoms with Crippen LogP contribution in [0.2, 0.25) is 0 Å². The van der Waals surface area contributed by atoms with Crippen LogP contribution in [0.25, 0.3) is 0 Å². The highest BCUT2D eigenvalue weighted by Gasteiger charge is 2.23. The van der Waals surface area contributed by atoms with Crippen LogP contribution in [0, 0.1) is 0 Å². The fraction of sp³-hybridized carbons (Fsp3) is 0.900. The van der Waals surface area contributed by atoms with Crippen LogP contribution in [0.3, 0.4) is 0 Å². The number of carbonyl (C=O) groups excluding carboxylic acids is 1. The predicted octanol–water partition coefficient (Wildman–Crippen LogP) is -0.0786. The molecule has 0 bridgehead atoms. The summed E-state index contributed by atoms with van der Waals surface area (Å²) in [4.78, 5) is 15.6. The molecule has 0 aliphatic carbocycles. The number of aliphatic hydroxyl groups excluding tert-OH is 1. The minimum atomic E-state index is -0.789. The number of hydrogen-bond donors (Lipinski definition) is 1. The van der Waals surface area contributed by atoms with Gasteiger partial charge in [-0.3, -0.25) is 4.79 Å². The molecule has 0 aromatic carbocycles. The van der Waals surface area contributed by atoms with Crippen LogP contribution < -0.4 is 0 Å². The fourth-order valence-electron chi connectivity index (χ4n) is 1.63. The van der Waals surface area contributed by atoms with Crippen molar-refractivity contribution in [3.63, 3.8) is 0 Å². The van der Waals surface area contributed by atoms with Gasteiger partial charge in [-0.05, 0) is 13.5 Å². The molecule has 82 valence electrons. The number of aliphatic hydroxyl groups is 1. The van der Waals surface area contributed by atoms with Gasteiger partial charge >= 0.3 is 0 Å². The van der Waals surface area contributed by atoms with Gasteiger partial charge in [-0.1, -0.05) is 13.3 Å². The van der Waals surface area contributed by atoms with Crippen LogP contribution in [-0.4, -0.2) is 60.1 Å². The van der Waals surface area contributed by atoms with Gasteiger partial charge in [0.2, 0.25) is 0 Å². The molecule has 4 nitrogen and oxygen atoms in total. The molecule has 1 unspecified atom stereocenters. The normalized spacial score (nSPS) is 20.9. The lowest BCUT2D eigenvalue weighted by atomic mass is 10.2. The summed E-state index contributed by atoms with van der Waals surface area (Å²) in [6, 6.07) is 0. The first-order valence-corrected chi connectivity index (χ1v) is 5.30. The summed E-state index contributed by atoms with van der Waals surface area (Å²) in [5, 5.41) is 9.53. The number of nitrogens with zero attached hydrogens (tertiary/aromatic N) is 2. The van der Waals surface area contributed by atoms with Gasteiger partial charge in [-0.2, -0.15) is 0 Å². The molecule has 14 heavy (non-hydrogen) atoms. The minimum absolute atomic E-state index is 0.0973. The molecule has 1 aliphatic rings. The Labute approximate surface area is 85.5 Å². The molecule has 1 N–H and O–H groups in total. The van der Waals surface area contributed by atoms with E-state index in [1.54, 1.807) is 4.90 Å². The smallest absolute Gasteiger partial charge is 0.251 e. The minimum Gasteiger partial charge on any atom is -0.383 e. The van der Waals surface area contributed by atoms with Crippen molar-refractivity contribution in [2.24, 2.45) is 0 Å². The molecular formula is C10H20N2O2. The maximum Gasteiger partial charge on any atom is 0.251 e. The summed E-state index contributed by atoms with van der Waals surface area (Å²) in [6.45, 7) is 5.28. The number of rotatable bonds is 3.